The molecule has 5 nitrogen and oxygen atoms in total. The molecule has 1 aromatic heterocycles. The minimum atomic E-state index is -0.419. The molecule has 0 saturated carbocycles. The maximum Gasteiger partial charge on any atom is 0.233 e. The van der Waals surface area contributed by atoms with Gasteiger partial charge in [0.25, 0.3) is 0 Å². The molecule has 0 fully saturated rings. The van der Waals surface area contributed by atoms with E-state index in [9.17, 15) is 4.79 Å². The number of halogens is 1. The molecular weight excluding hydrogens is 300 g/mol. The van der Waals surface area contributed by atoms with Crippen LogP contribution in [0.3, 0.4) is 0 Å². The van der Waals surface area contributed by atoms with Gasteiger partial charge in [-0.1, -0.05) is 23.7 Å². The van der Waals surface area contributed by atoms with Crippen LogP contribution in [0, 0.1) is 0 Å². The van der Waals surface area contributed by atoms with E-state index in [-0.39, 0.29) is 12.5 Å². The number of carbonyl (C=O) groups is 1. The van der Waals surface area contributed by atoms with E-state index in [0.29, 0.717) is 10.7 Å². The zero-order valence-corrected chi connectivity index (χ0v) is 12.5. The summed E-state index contributed by atoms with van der Waals surface area (Å²) < 4.78 is 0. The first-order valence-electron chi connectivity index (χ1n) is 6.87. The number of hydrogen-bond donors (Lipinski definition) is 3. The fourth-order valence-electron chi connectivity index (χ4n) is 2.34. The SMILES string of the molecule is NCC(C(=O)Nc1ccc2[nH]ncc2c1)c1ccc(Cl)cc1. The van der Waals surface area contributed by atoms with Crippen molar-refractivity contribution in [2.24, 2.45) is 5.73 Å². The van der Waals surface area contributed by atoms with Gasteiger partial charge >= 0.3 is 0 Å². The van der Waals surface area contributed by atoms with E-state index >= 15 is 0 Å². The van der Waals surface area contributed by atoms with Crippen LogP contribution in [0.1, 0.15) is 11.5 Å². The van der Waals surface area contributed by atoms with Gasteiger partial charge in [-0.05, 0) is 35.9 Å². The van der Waals surface area contributed by atoms with E-state index in [0.717, 1.165) is 16.5 Å². The molecule has 0 radical (unpaired) electrons. The van der Waals surface area contributed by atoms with E-state index in [2.05, 4.69) is 15.5 Å². The summed E-state index contributed by atoms with van der Waals surface area (Å²) in [6.45, 7) is 0.224. The summed E-state index contributed by atoms with van der Waals surface area (Å²) in [5.74, 6) is -0.565. The average molecular weight is 315 g/mol. The normalized spacial score (nSPS) is 12.3. The lowest BCUT2D eigenvalue weighted by Crippen LogP contribution is -2.27. The molecular formula is C16H15ClN4O. The Labute approximate surface area is 132 Å². The van der Waals surface area contributed by atoms with Crippen LogP contribution >= 0.6 is 11.6 Å². The quantitative estimate of drug-likeness (QED) is 0.692. The van der Waals surface area contributed by atoms with Crippen molar-refractivity contribution in [3.8, 4) is 0 Å². The van der Waals surface area contributed by atoms with Gasteiger partial charge in [0.1, 0.15) is 0 Å². The number of rotatable bonds is 4. The van der Waals surface area contributed by atoms with Gasteiger partial charge in [0.05, 0.1) is 17.6 Å². The van der Waals surface area contributed by atoms with Crippen LogP contribution in [0.5, 0.6) is 0 Å². The Kier molecular flexibility index (Phi) is 4.09. The zero-order valence-electron chi connectivity index (χ0n) is 11.7. The van der Waals surface area contributed by atoms with Gasteiger partial charge in [-0.3, -0.25) is 9.89 Å². The van der Waals surface area contributed by atoms with Crippen molar-refractivity contribution in [2.75, 3.05) is 11.9 Å². The van der Waals surface area contributed by atoms with E-state index < -0.39 is 5.92 Å². The molecule has 22 heavy (non-hydrogen) atoms. The highest BCUT2D eigenvalue weighted by Gasteiger charge is 2.19. The molecule has 1 heterocycles. The number of hydrogen-bond acceptors (Lipinski definition) is 3. The molecule has 3 aromatic rings. The van der Waals surface area contributed by atoms with Gasteiger partial charge in [-0.15, -0.1) is 0 Å². The molecule has 1 unspecified atom stereocenters. The first-order valence-corrected chi connectivity index (χ1v) is 7.24. The first-order chi connectivity index (χ1) is 10.7. The van der Waals surface area contributed by atoms with Crippen molar-refractivity contribution >= 4 is 34.1 Å². The van der Waals surface area contributed by atoms with Gasteiger partial charge in [-0.25, -0.2) is 0 Å². The van der Waals surface area contributed by atoms with Crippen molar-refractivity contribution in [1.29, 1.82) is 0 Å². The molecule has 0 aliphatic heterocycles. The lowest BCUT2D eigenvalue weighted by Gasteiger charge is -2.15. The predicted molar refractivity (Wildman–Crippen MR) is 88.0 cm³/mol. The topological polar surface area (TPSA) is 83.8 Å². The molecule has 0 aliphatic rings. The first kappa shape index (κ1) is 14.6. The molecule has 0 aliphatic carbocycles. The third-order valence-electron chi connectivity index (χ3n) is 3.53. The number of aromatic nitrogens is 2. The molecule has 2 aromatic carbocycles. The van der Waals surface area contributed by atoms with Gasteiger partial charge < -0.3 is 11.1 Å². The summed E-state index contributed by atoms with van der Waals surface area (Å²) in [6, 6.07) is 12.7. The maximum absolute atomic E-state index is 12.5. The van der Waals surface area contributed by atoms with Crippen LogP contribution in [0.15, 0.2) is 48.7 Å². The minimum Gasteiger partial charge on any atom is -0.329 e. The fourth-order valence-corrected chi connectivity index (χ4v) is 2.47. The number of aromatic amines is 1. The van der Waals surface area contributed by atoms with Crippen LogP contribution in [-0.2, 0) is 4.79 Å². The summed E-state index contributed by atoms with van der Waals surface area (Å²) in [5, 5.41) is 11.3. The standard InChI is InChI=1S/C16H15ClN4O/c17-12-3-1-10(2-4-12)14(8-18)16(22)20-13-5-6-15-11(7-13)9-19-21-15/h1-7,9,14H,8,18H2,(H,19,21)(H,20,22). The molecule has 6 heteroatoms. The van der Waals surface area contributed by atoms with Crippen molar-refractivity contribution in [1.82, 2.24) is 10.2 Å². The van der Waals surface area contributed by atoms with Crippen LogP contribution in [0.2, 0.25) is 5.02 Å². The van der Waals surface area contributed by atoms with E-state index in [1.54, 1.807) is 18.3 Å². The number of nitrogens with zero attached hydrogens (tertiary/aromatic N) is 1. The highest BCUT2D eigenvalue weighted by Crippen LogP contribution is 2.21. The molecule has 1 atom stereocenters. The lowest BCUT2D eigenvalue weighted by atomic mass is 9.98. The number of nitrogens with two attached hydrogens (primary N) is 1. The summed E-state index contributed by atoms with van der Waals surface area (Å²) >= 11 is 5.87. The minimum absolute atomic E-state index is 0.146. The fraction of sp³-hybridized carbons (Fsp3) is 0.125. The molecule has 0 bridgehead atoms. The third kappa shape index (κ3) is 2.95. The molecule has 3 rings (SSSR count). The molecule has 0 spiro atoms. The largest absolute Gasteiger partial charge is 0.329 e. The Morgan fingerprint density at radius 2 is 2.05 bits per heavy atom. The lowest BCUT2D eigenvalue weighted by molar-refractivity contribution is -0.117. The van der Waals surface area contributed by atoms with Gasteiger partial charge in [0.2, 0.25) is 5.91 Å². The molecule has 4 N–H and O–H groups in total. The number of H-pyrrole nitrogens is 1. The monoisotopic (exact) mass is 314 g/mol. The second kappa shape index (κ2) is 6.17. The van der Waals surface area contributed by atoms with Crippen molar-refractivity contribution in [2.45, 2.75) is 5.92 Å². The zero-order chi connectivity index (χ0) is 15.5. The highest BCUT2D eigenvalue weighted by atomic mass is 35.5. The van der Waals surface area contributed by atoms with Crippen LogP contribution in [-0.4, -0.2) is 22.6 Å². The van der Waals surface area contributed by atoms with E-state index in [4.69, 9.17) is 17.3 Å². The number of benzene rings is 2. The Hall–Kier alpha value is -2.37. The summed E-state index contributed by atoms with van der Waals surface area (Å²) in [4.78, 5) is 12.5. The Morgan fingerprint density at radius 3 is 2.77 bits per heavy atom. The second-order valence-corrected chi connectivity index (χ2v) is 5.44. The molecule has 0 saturated heterocycles. The Bertz CT molecular complexity index is 797. The highest BCUT2D eigenvalue weighted by molar-refractivity contribution is 6.30. The van der Waals surface area contributed by atoms with E-state index in [1.807, 2.05) is 30.3 Å². The predicted octanol–water partition coefficient (Wildman–Crippen LogP) is 2.90. The summed E-state index contributed by atoms with van der Waals surface area (Å²) in [7, 11) is 0. The second-order valence-electron chi connectivity index (χ2n) is 5.00. The number of nitrogens with one attached hydrogen (secondary N) is 2. The Balaban J connectivity index is 1.80. The summed E-state index contributed by atoms with van der Waals surface area (Å²) in [5.41, 5.74) is 8.24. The van der Waals surface area contributed by atoms with Crippen LogP contribution in [0.4, 0.5) is 5.69 Å². The van der Waals surface area contributed by atoms with Gasteiger partial charge in [-0.2, -0.15) is 5.10 Å². The number of carbonyl (C=O) groups excluding carboxylic acids is 1. The average Bonchev–Trinajstić information content (AvgIpc) is 2.97. The van der Waals surface area contributed by atoms with Crippen LogP contribution < -0.4 is 11.1 Å². The molecule has 1 amide bonds. The smallest absolute Gasteiger partial charge is 0.233 e. The maximum atomic E-state index is 12.5. The number of anilines is 1. The van der Waals surface area contributed by atoms with Gasteiger partial charge in [0.15, 0.2) is 0 Å². The van der Waals surface area contributed by atoms with Crippen LogP contribution in [0.25, 0.3) is 10.9 Å². The number of amides is 1. The van der Waals surface area contributed by atoms with Gasteiger partial charge in [0, 0.05) is 22.6 Å². The van der Waals surface area contributed by atoms with E-state index in [1.165, 1.54) is 0 Å². The third-order valence-corrected chi connectivity index (χ3v) is 3.78. The summed E-state index contributed by atoms with van der Waals surface area (Å²) in [6.07, 6.45) is 1.71. The Morgan fingerprint density at radius 1 is 1.27 bits per heavy atom. The number of fused-ring (bicyclic) bond motifs is 1. The van der Waals surface area contributed by atoms with Crippen molar-refractivity contribution in [3.63, 3.8) is 0 Å². The van der Waals surface area contributed by atoms with Crippen molar-refractivity contribution < 1.29 is 4.79 Å². The molecule has 112 valence electrons. The van der Waals surface area contributed by atoms with Crippen molar-refractivity contribution in [3.05, 3.63) is 59.2 Å².